The fraction of sp³-hybridized carbons (Fsp3) is 0.440. The quantitative estimate of drug-likeness (QED) is 0.511. The Kier molecular flexibility index (Phi) is 7.06. The molecule has 1 amide bonds. The van der Waals surface area contributed by atoms with Gasteiger partial charge in [-0.25, -0.2) is 13.4 Å². The maximum atomic E-state index is 13.1. The number of carbonyl (C=O) groups excluding carboxylic acids is 1. The first-order valence-electron chi connectivity index (χ1n) is 11.7. The van der Waals surface area contributed by atoms with Crippen LogP contribution in [-0.4, -0.2) is 72.7 Å². The molecule has 3 aromatic rings. The molecule has 1 aromatic heterocycles. The molecule has 0 radical (unpaired) electrons. The molecule has 0 unspecified atom stereocenters. The van der Waals surface area contributed by atoms with E-state index in [0.717, 1.165) is 11.1 Å². The maximum Gasteiger partial charge on any atom is 0.253 e. The lowest BCUT2D eigenvalue weighted by molar-refractivity contribution is 0.0773. The van der Waals surface area contributed by atoms with Gasteiger partial charge in [-0.05, 0) is 69.2 Å². The molecule has 0 spiro atoms. The number of carbonyl (C=O) groups is 1. The van der Waals surface area contributed by atoms with E-state index in [9.17, 15) is 13.2 Å². The van der Waals surface area contributed by atoms with Crippen molar-refractivity contribution in [1.29, 1.82) is 0 Å². The first-order valence-corrected chi connectivity index (χ1v) is 13.2. The van der Waals surface area contributed by atoms with Crippen LogP contribution in [0.2, 0.25) is 0 Å². The summed E-state index contributed by atoms with van der Waals surface area (Å²) in [5, 5.41) is 0. The molecule has 9 heteroatoms. The minimum Gasteiger partial charge on any atom is -0.439 e. The Morgan fingerprint density at radius 3 is 2.35 bits per heavy atom. The number of hydrogen-bond donors (Lipinski definition) is 0. The second-order valence-corrected chi connectivity index (χ2v) is 10.6. The van der Waals surface area contributed by atoms with E-state index in [0.29, 0.717) is 73.3 Å². The van der Waals surface area contributed by atoms with Gasteiger partial charge in [0.1, 0.15) is 5.52 Å². The lowest BCUT2D eigenvalue weighted by Crippen LogP contribution is -2.48. The highest BCUT2D eigenvalue weighted by Gasteiger charge is 2.29. The third kappa shape index (κ3) is 4.87. The molecular formula is C25H32N4O4S. The van der Waals surface area contributed by atoms with Crippen LogP contribution in [0, 0.1) is 13.8 Å². The van der Waals surface area contributed by atoms with E-state index in [4.69, 9.17) is 4.42 Å². The first-order chi connectivity index (χ1) is 16.2. The predicted octanol–water partition coefficient (Wildman–Crippen LogP) is 3.43. The number of piperazine rings is 1. The predicted molar refractivity (Wildman–Crippen MR) is 131 cm³/mol. The fourth-order valence-corrected chi connectivity index (χ4v) is 5.72. The van der Waals surface area contributed by atoms with Crippen molar-refractivity contribution in [2.45, 2.75) is 39.1 Å². The molecule has 0 bridgehead atoms. The Balaban J connectivity index is 1.41. The molecule has 0 N–H and O–H groups in total. The van der Waals surface area contributed by atoms with Crippen molar-refractivity contribution in [1.82, 2.24) is 19.1 Å². The van der Waals surface area contributed by atoms with Gasteiger partial charge in [0.15, 0.2) is 5.58 Å². The first kappa shape index (κ1) is 24.4. The molecule has 4 rings (SSSR count). The summed E-state index contributed by atoms with van der Waals surface area (Å²) < 4.78 is 33.6. The second kappa shape index (κ2) is 9.85. The third-order valence-corrected chi connectivity index (χ3v) is 8.43. The number of nitrogens with zero attached hydrogens (tertiary/aromatic N) is 4. The van der Waals surface area contributed by atoms with Crippen LogP contribution < -0.4 is 0 Å². The van der Waals surface area contributed by atoms with Gasteiger partial charge < -0.3 is 9.32 Å². The van der Waals surface area contributed by atoms with E-state index in [1.807, 2.05) is 33.8 Å². The highest BCUT2D eigenvalue weighted by molar-refractivity contribution is 7.89. The Bertz CT molecular complexity index is 1290. The van der Waals surface area contributed by atoms with E-state index in [-0.39, 0.29) is 5.91 Å². The smallest absolute Gasteiger partial charge is 0.253 e. The molecule has 0 saturated carbocycles. The third-order valence-electron chi connectivity index (χ3n) is 6.54. The van der Waals surface area contributed by atoms with Crippen LogP contribution in [0.15, 0.2) is 45.7 Å². The van der Waals surface area contributed by atoms with Gasteiger partial charge in [-0.2, -0.15) is 4.31 Å². The average molecular weight is 485 g/mol. The summed E-state index contributed by atoms with van der Waals surface area (Å²) in [6.45, 7) is 11.6. The van der Waals surface area contributed by atoms with Gasteiger partial charge in [0.05, 0.1) is 11.4 Å². The zero-order valence-corrected chi connectivity index (χ0v) is 21.1. The summed E-state index contributed by atoms with van der Waals surface area (Å²) in [6.07, 6.45) is 0. The Morgan fingerprint density at radius 2 is 1.71 bits per heavy atom. The van der Waals surface area contributed by atoms with Gasteiger partial charge in [-0.15, -0.1) is 0 Å². The summed E-state index contributed by atoms with van der Waals surface area (Å²) in [5.41, 5.74) is 3.94. The Morgan fingerprint density at radius 1 is 1.00 bits per heavy atom. The highest BCUT2D eigenvalue weighted by Crippen LogP contribution is 2.23. The zero-order valence-electron chi connectivity index (χ0n) is 20.2. The molecule has 34 heavy (non-hydrogen) atoms. The largest absolute Gasteiger partial charge is 0.439 e. The molecule has 1 aliphatic heterocycles. The van der Waals surface area contributed by atoms with Crippen LogP contribution in [0.5, 0.6) is 0 Å². The van der Waals surface area contributed by atoms with Crippen LogP contribution in [-0.2, 0) is 16.6 Å². The lowest BCUT2D eigenvalue weighted by Gasteiger charge is -2.33. The number of aromatic nitrogens is 1. The monoisotopic (exact) mass is 484 g/mol. The second-order valence-electron chi connectivity index (χ2n) is 8.69. The topological polar surface area (TPSA) is 87.0 Å². The van der Waals surface area contributed by atoms with Gasteiger partial charge in [0.2, 0.25) is 15.9 Å². The summed E-state index contributed by atoms with van der Waals surface area (Å²) >= 11 is 0. The molecule has 2 heterocycles. The molecule has 0 aliphatic carbocycles. The number of oxazole rings is 1. The molecule has 182 valence electrons. The Hall–Kier alpha value is -2.75. The molecule has 0 atom stereocenters. The molecule has 8 nitrogen and oxygen atoms in total. The molecule has 1 fully saturated rings. The molecule has 1 saturated heterocycles. The number of amides is 1. The highest BCUT2D eigenvalue weighted by atomic mass is 32.2. The van der Waals surface area contributed by atoms with Gasteiger partial charge in [-0.1, -0.05) is 6.07 Å². The number of rotatable bonds is 7. The number of fused-ring (bicyclic) bond motifs is 1. The van der Waals surface area contributed by atoms with Crippen LogP contribution >= 0.6 is 0 Å². The minimum atomic E-state index is -3.51. The average Bonchev–Trinajstić information content (AvgIpc) is 3.23. The van der Waals surface area contributed by atoms with Crippen molar-refractivity contribution in [3.8, 4) is 0 Å². The van der Waals surface area contributed by atoms with Crippen LogP contribution in [0.4, 0.5) is 0 Å². The van der Waals surface area contributed by atoms with E-state index < -0.39 is 10.0 Å². The van der Waals surface area contributed by atoms with E-state index >= 15 is 0 Å². The van der Waals surface area contributed by atoms with Gasteiger partial charge in [0, 0.05) is 44.8 Å². The van der Waals surface area contributed by atoms with Gasteiger partial charge >= 0.3 is 0 Å². The molecule has 1 aliphatic rings. The van der Waals surface area contributed by atoms with Crippen molar-refractivity contribution in [3.05, 3.63) is 59.0 Å². The normalized spacial score (nSPS) is 15.6. The SMILES string of the molecule is CCN(CC)C(=O)c1ccc2oc(CN3CCN(S(=O)(=O)c4ccc(C)c(C)c4)CC3)nc2c1. The molecule has 2 aromatic carbocycles. The van der Waals surface area contributed by atoms with E-state index in [2.05, 4.69) is 9.88 Å². The van der Waals surface area contributed by atoms with Crippen LogP contribution in [0.3, 0.4) is 0 Å². The molecular weight excluding hydrogens is 452 g/mol. The van der Waals surface area contributed by atoms with Crippen molar-refractivity contribution < 1.29 is 17.6 Å². The number of sulfonamides is 1. The van der Waals surface area contributed by atoms with Crippen molar-refractivity contribution in [2.24, 2.45) is 0 Å². The number of hydrogen-bond acceptors (Lipinski definition) is 6. The van der Waals surface area contributed by atoms with Gasteiger partial charge in [-0.3, -0.25) is 9.69 Å². The fourth-order valence-electron chi connectivity index (χ4n) is 4.21. The lowest BCUT2D eigenvalue weighted by atomic mass is 10.1. The van der Waals surface area contributed by atoms with Crippen molar-refractivity contribution >= 4 is 27.0 Å². The summed E-state index contributed by atoms with van der Waals surface area (Å²) in [7, 11) is -3.51. The zero-order chi connectivity index (χ0) is 24.5. The number of benzene rings is 2. The van der Waals surface area contributed by atoms with Crippen molar-refractivity contribution in [2.75, 3.05) is 39.3 Å². The standard InChI is InChI=1S/C25H32N4O4S/c1-5-28(6-2)25(30)20-8-10-23-22(16-20)26-24(33-23)17-27-11-13-29(14-12-27)34(31,32)21-9-7-18(3)19(4)15-21/h7-10,15-16H,5-6,11-14,17H2,1-4H3. The maximum absolute atomic E-state index is 13.1. The van der Waals surface area contributed by atoms with E-state index in [1.54, 1.807) is 39.5 Å². The summed E-state index contributed by atoms with van der Waals surface area (Å²) in [5.74, 6) is 0.547. The summed E-state index contributed by atoms with van der Waals surface area (Å²) in [4.78, 5) is 21.5. The van der Waals surface area contributed by atoms with E-state index in [1.165, 1.54) is 0 Å². The minimum absolute atomic E-state index is 0.0162. The van der Waals surface area contributed by atoms with Gasteiger partial charge in [0.25, 0.3) is 5.91 Å². The van der Waals surface area contributed by atoms with Crippen LogP contribution in [0.1, 0.15) is 41.2 Å². The van der Waals surface area contributed by atoms with Crippen LogP contribution in [0.25, 0.3) is 11.1 Å². The Labute approximate surface area is 201 Å². The number of aryl methyl sites for hydroxylation is 2. The summed E-state index contributed by atoms with van der Waals surface area (Å²) in [6, 6.07) is 10.6. The van der Waals surface area contributed by atoms with Crippen molar-refractivity contribution in [3.63, 3.8) is 0 Å².